The molecule has 0 bridgehead atoms. The lowest BCUT2D eigenvalue weighted by molar-refractivity contribution is -0.215. The fourth-order valence-corrected chi connectivity index (χ4v) is 13.9. The average molecular weight is 622 g/mol. The summed E-state index contributed by atoms with van der Waals surface area (Å²) in [6.45, 7) is 6.96. The third kappa shape index (κ3) is 3.27. The van der Waals surface area contributed by atoms with Crippen molar-refractivity contribution in [3.05, 3.63) is 71.8 Å². The second-order valence-electron chi connectivity index (χ2n) is 17.5. The molecule has 4 unspecified atom stereocenters. The number of nitrogens with zero attached hydrogens (tertiary/aromatic N) is 1. The molecule has 12 atom stereocenters. The second kappa shape index (κ2) is 9.06. The smallest absolute Gasteiger partial charge is 0.127 e. The number of likely N-dealkylation sites (tertiary alicyclic amines) is 1. The highest BCUT2D eigenvalue weighted by Crippen LogP contribution is 2.94. The summed E-state index contributed by atoms with van der Waals surface area (Å²) in [5.41, 5.74) is 17.9. The zero-order chi connectivity index (χ0) is 31.3. The summed E-state index contributed by atoms with van der Waals surface area (Å²) in [4.78, 5) is 2.78. The Hall–Kier alpha value is -2.22. The Bertz CT molecular complexity index is 1610. The number of allylic oxidation sites excluding steroid dienone is 1. The third-order valence-electron chi connectivity index (χ3n) is 15.8. The zero-order valence-corrected chi connectivity index (χ0v) is 27.6. The summed E-state index contributed by atoms with van der Waals surface area (Å²) < 4.78 is 13.6. The van der Waals surface area contributed by atoms with Gasteiger partial charge in [-0.2, -0.15) is 0 Å². The van der Waals surface area contributed by atoms with Crippen LogP contribution in [0.2, 0.25) is 0 Å². The third-order valence-corrected chi connectivity index (χ3v) is 15.8. The van der Waals surface area contributed by atoms with E-state index in [9.17, 15) is 5.11 Å². The maximum atomic E-state index is 10.5. The van der Waals surface area contributed by atoms with Crippen LogP contribution in [-0.4, -0.2) is 51.5 Å². The number of para-hydroxylation sites is 1. The fraction of sp³-hybridized carbons (Fsp3) is 0.650. The van der Waals surface area contributed by atoms with Crippen LogP contribution in [0.15, 0.2) is 66.2 Å². The van der Waals surface area contributed by atoms with Crippen molar-refractivity contribution in [2.75, 3.05) is 6.54 Å². The van der Waals surface area contributed by atoms with Crippen LogP contribution in [0.1, 0.15) is 83.6 Å². The minimum absolute atomic E-state index is 0.0346. The van der Waals surface area contributed by atoms with Crippen LogP contribution in [0.25, 0.3) is 0 Å². The summed E-state index contributed by atoms with van der Waals surface area (Å²) in [5.74, 6) is 3.34. The number of hydrogen-bond donors (Lipinski definition) is 3. The molecule has 6 aliphatic carbocycles. The zero-order valence-electron chi connectivity index (χ0n) is 27.6. The van der Waals surface area contributed by atoms with Gasteiger partial charge in [0, 0.05) is 41.5 Å². The van der Waals surface area contributed by atoms with Crippen LogP contribution < -0.4 is 16.2 Å². The normalized spacial score (nSPS) is 51.2. The number of hydrogen-bond acceptors (Lipinski definition) is 6. The number of nitrogens with two attached hydrogens (primary N) is 2. The van der Waals surface area contributed by atoms with Crippen molar-refractivity contribution in [2.24, 2.45) is 45.5 Å². The fourth-order valence-electron chi connectivity index (χ4n) is 13.9. The molecule has 0 amide bonds. The maximum absolute atomic E-state index is 10.5. The molecule has 0 radical (unpaired) electrons. The Morgan fingerprint density at radius 2 is 1.74 bits per heavy atom. The Labute approximate surface area is 273 Å². The molecule has 10 rings (SSSR count). The molecule has 8 aliphatic rings. The first kappa shape index (κ1) is 28.8. The maximum Gasteiger partial charge on any atom is 0.127 e. The Morgan fingerprint density at radius 3 is 2.54 bits per heavy atom. The molecule has 0 aromatic heterocycles. The second-order valence-corrected chi connectivity index (χ2v) is 17.5. The molecular formula is C40H51N3O3. The number of aliphatic hydroxyl groups excluding tert-OH is 1. The van der Waals surface area contributed by atoms with Crippen molar-refractivity contribution >= 4 is 0 Å². The van der Waals surface area contributed by atoms with E-state index in [2.05, 4.69) is 49.1 Å². The molecular weight excluding hydrogens is 570 g/mol. The Morgan fingerprint density at radius 1 is 0.957 bits per heavy atom. The van der Waals surface area contributed by atoms with Gasteiger partial charge in [-0.05, 0) is 117 Å². The highest BCUT2D eigenvalue weighted by molar-refractivity contribution is 5.49. The van der Waals surface area contributed by atoms with E-state index >= 15 is 0 Å². The average Bonchev–Trinajstić information content (AvgIpc) is 3.62. The van der Waals surface area contributed by atoms with E-state index in [-0.39, 0.29) is 39.0 Å². The van der Waals surface area contributed by atoms with E-state index in [0.29, 0.717) is 29.9 Å². The van der Waals surface area contributed by atoms with Crippen LogP contribution in [-0.2, 0) is 11.3 Å². The molecule has 244 valence electrons. The van der Waals surface area contributed by atoms with Crippen molar-refractivity contribution in [3.63, 3.8) is 0 Å². The van der Waals surface area contributed by atoms with Crippen LogP contribution in [0.5, 0.6) is 11.5 Å². The van der Waals surface area contributed by atoms with E-state index in [1.165, 1.54) is 24.0 Å². The van der Waals surface area contributed by atoms with E-state index in [1.807, 2.05) is 30.3 Å². The van der Waals surface area contributed by atoms with Gasteiger partial charge in [-0.1, -0.05) is 55.8 Å². The van der Waals surface area contributed by atoms with Crippen LogP contribution in [0.4, 0.5) is 0 Å². The van der Waals surface area contributed by atoms with Gasteiger partial charge >= 0.3 is 0 Å². The van der Waals surface area contributed by atoms with Gasteiger partial charge in [0.05, 0.1) is 17.8 Å². The molecule has 6 nitrogen and oxygen atoms in total. The molecule has 3 spiro atoms. The van der Waals surface area contributed by atoms with Crippen molar-refractivity contribution in [2.45, 2.75) is 120 Å². The standard InChI is InChI=1S/C40H51N3O3/c1-25-18-32-34(43(22-25)23-26-8-10-30(11-9-26)45-29-6-4-3-5-7-29)31-20-36-24-37(36)21-33-35(2)14-13-28(44)19-27(35)12-15-38(33,41)40(37,42)17-16-39(31,36)46-32/h3-11,19,25,28,31-34,44H,12-18,20-24,41-42H2,1-2H3/t25-,28-,31+,32+,33+,34-,35?,36?,37?,38?,39+,40-/m0/s1. The Balaban J connectivity index is 0.927. The summed E-state index contributed by atoms with van der Waals surface area (Å²) in [6.07, 6.45) is 12.8. The quantitative estimate of drug-likeness (QED) is 0.347. The summed E-state index contributed by atoms with van der Waals surface area (Å²) in [7, 11) is 0. The predicted octanol–water partition coefficient (Wildman–Crippen LogP) is 6.31. The molecule has 6 heteroatoms. The first-order chi connectivity index (χ1) is 22.1. The van der Waals surface area contributed by atoms with Crippen molar-refractivity contribution in [1.29, 1.82) is 0 Å². The number of aliphatic hydroxyl groups is 1. The number of fused-ring (bicyclic) bond motifs is 6. The van der Waals surface area contributed by atoms with Gasteiger partial charge in [-0.3, -0.25) is 4.90 Å². The monoisotopic (exact) mass is 621 g/mol. The number of ether oxygens (including phenoxy) is 2. The lowest BCUT2D eigenvalue weighted by atomic mass is 9.45. The molecule has 2 aliphatic heterocycles. The first-order valence-electron chi connectivity index (χ1n) is 18.3. The SMILES string of the molecule is C[C@H]1C[C@H]2O[C@@]34CC[C@@]5(N)C6(N)CCC7=C[C@@H](O)CCC7(C)[C@H]6CC56CC63C[C@@H]4[C@@H]2N(Cc2ccc(Oc3ccccc3)cc2)C1. The van der Waals surface area contributed by atoms with Gasteiger partial charge in [0.15, 0.2) is 0 Å². The molecule has 5 saturated carbocycles. The lowest BCUT2D eigenvalue weighted by Gasteiger charge is -2.64. The molecule has 2 saturated heterocycles. The van der Waals surface area contributed by atoms with Gasteiger partial charge in [0.1, 0.15) is 11.5 Å². The summed E-state index contributed by atoms with van der Waals surface area (Å²) >= 11 is 0. The first-order valence-corrected chi connectivity index (χ1v) is 18.3. The highest BCUT2D eigenvalue weighted by atomic mass is 16.5. The minimum Gasteiger partial charge on any atom is -0.457 e. The molecule has 5 N–H and O–H groups in total. The molecule has 7 fully saturated rings. The number of piperidine rings is 1. The van der Waals surface area contributed by atoms with Crippen LogP contribution >= 0.6 is 0 Å². The van der Waals surface area contributed by atoms with E-state index in [0.717, 1.165) is 76.0 Å². The summed E-state index contributed by atoms with van der Waals surface area (Å²) in [6, 6.07) is 19.2. The van der Waals surface area contributed by atoms with Gasteiger partial charge in [0.25, 0.3) is 0 Å². The number of rotatable bonds is 4. The molecule has 46 heavy (non-hydrogen) atoms. The van der Waals surface area contributed by atoms with Gasteiger partial charge in [0.2, 0.25) is 0 Å². The van der Waals surface area contributed by atoms with E-state index < -0.39 is 0 Å². The molecule has 2 aromatic carbocycles. The van der Waals surface area contributed by atoms with E-state index in [1.54, 1.807) is 0 Å². The largest absolute Gasteiger partial charge is 0.457 e. The van der Waals surface area contributed by atoms with Crippen molar-refractivity contribution in [3.8, 4) is 11.5 Å². The van der Waals surface area contributed by atoms with E-state index in [4.69, 9.17) is 20.9 Å². The van der Waals surface area contributed by atoms with Crippen LogP contribution in [0.3, 0.4) is 0 Å². The minimum atomic E-state index is -0.333. The van der Waals surface area contributed by atoms with Crippen molar-refractivity contribution in [1.82, 2.24) is 4.90 Å². The molecule has 2 heterocycles. The summed E-state index contributed by atoms with van der Waals surface area (Å²) in [5, 5.41) is 10.5. The lowest BCUT2D eigenvalue weighted by Crippen LogP contribution is -2.76. The number of benzene rings is 2. The van der Waals surface area contributed by atoms with Gasteiger partial charge in [-0.25, -0.2) is 0 Å². The highest BCUT2D eigenvalue weighted by Gasteiger charge is 2.96. The topological polar surface area (TPSA) is 94.0 Å². The van der Waals surface area contributed by atoms with Gasteiger partial charge < -0.3 is 26.0 Å². The van der Waals surface area contributed by atoms with Crippen molar-refractivity contribution < 1.29 is 14.6 Å². The van der Waals surface area contributed by atoms with Gasteiger partial charge in [-0.15, -0.1) is 0 Å². The predicted molar refractivity (Wildman–Crippen MR) is 178 cm³/mol. The molecule has 2 aromatic rings. The van der Waals surface area contributed by atoms with Crippen LogP contribution in [0, 0.1) is 34.0 Å². The Kier molecular flexibility index (Phi) is 5.67.